The summed E-state index contributed by atoms with van der Waals surface area (Å²) >= 11 is 5.88. The molecule has 0 spiro atoms. The first-order valence-corrected chi connectivity index (χ1v) is 5.87. The molecule has 0 atom stereocenters. The van der Waals surface area contributed by atoms with Crippen molar-refractivity contribution < 1.29 is 9.84 Å². The zero-order valence-corrected chi connectivity index (χ0v) is 10.7. The van der Waals surface area contributed by atoms with E-state index < -0.39 is 0 Å². The van der Waals surface area contributed by atoms with Crippen molar-refractivity contribution in [1.82, 2.24) is 9.97 Å². The zero-order valence-electron chi connectivity index (χ0n) is 9.93. The molecule has 4 nitrogen and oxygen atoms in total. The summed E-state index contributed by atoms with van der Waals surface area (Å²) in [7, 11) is 0. The maximum absolute atomic E-state index is 9.01. The average molecular weight is 265 g/mol. The van der Waals surface area contributed by atoms with E-state index in [9.17, 15) is 0 Å². The Morgan fingerprint density at radius 1 is 1.39 bits per heavy atom. The predicted octanol–water partition coefficient (Wildman–Crippen LogP) is 2.51. The van der Waals surface area contributed by atoms with Crippen LogP contribution in [0, 0.1) is 6.92 Å². The Labute approximate surface area is 110 Å². The van der Waals surface area contributed by atoms with Crippen molar-refractivity contribution in [2.75, 3.05) is 0 Å². The highest BCUT2D eigenvalue weighted by molar-refractivity contribution is 6.30. The molecule has 0 saturated carbocycles. The summed E-state index contributed by atoms with van der Waals surface area (Å²) < 4.78 is 5.46. The van der Waals surface area contributed by atoms with Gasteiger partial charge in [0, 0.05) is 16.8 Å². The van der Waals surface area contributed by atoms with Gasteiger partial charge in [-0.1, -0.05) is 23.7 Å². The van der Waals surface area contributed by atoms with Gasteiger partial charge < -0.3 is 9.84 Å². The molecule has 5 heteroatoms. The van der Waals surface area contributed by atoms with Crippen LogP contribution in [0.3, 0.4) is 0 Å². The second-order valence-corrected chi connectivity index (χ2v) is 4.28. The number of hydrogen-bond donors (Lipinski definition) is 1. The third-order valence-electron chi connectivity index (χ3n) is 2.49. The van der Waals surface area contributed by atoms with Gasteiger partial charge in [0.1, 0.15) is 6.61 Å². The maximum atomic E-state index is 9.01. The van der Waals surface area contributed by atoms with Gasteiger partial charge in [0.15, 0.2) is 0 Å². The Morgan fingerprint density at radius 3 is 2.89 bits per heavy atom. The van der Waals surface area contributed by atoms with Gasteiger partial charge in [-0.3, -0.25) is 0 Å². The summed E-state index contributed by atoms with van der Waals surface area (Å²) in [5, 5.41) is 9.68. The maximum Gasteiger partial charge on any atom is 0.316 e. The number of aromatic nitrogens is 2. The minimum Gasteiger partial charge on any atom is -0.459 e. The van der Waals surface area contributed by atoms with Crippen molar-refractivity contribution in [2.24, 2.45) is 0 Å². The van der Waals surface area contributed by atoms with Crippen LogP contribution < -0.4 is 4.74 Å². The number of aryl methyl sites for hydroxylation is 1. The fourth-order valence-electron chi connectivity index (χ4n) is 1.47. The van der Waals surface area contributed by atoms with Crippen LogP contribution in [0.15, 0.2) is 30.5 Å². The van der Waals surface area contributed by atoms with Crippen molar-refractivity contribution in [3.63, 3.8) is 0 Å². The largest absolute Gasteiger partial charge is 0.459 e. The summed E-state index contributed by atoms with van der Waals surface area (Å²) in [6.45, 7) is 2.10. The van der Waals surface area contributed by atoms with E-state index in [1.807, 2.05) is 24.3 Å². The van der Waals surface area contributed by atoms with E-state index in [1.165, 1.54) is 0 Å². The van der Waals surface area contributed by atoms with Gasteiger partial charge in [0.05, 0.1) is 12.3 Å². The van der Waals surface area contributed by atoms with Crippen molar-refractivity contribution >= 4 is 11.6 Å². The highest BCUT2D eigenvalue weighted by Crippen LogP contribution is 2.13. The molecule has 0 aliphatic heterocycles. The Morgan fingerprint density at radius 2 is 2.22 bits per heavy atom. The molecule has 0 aliphatic carbocycles. The monoisotopic (exact) mass is 264 g/mol. The minimum absolute atomic E-state index is 0.0690. The molecule has 18 heavy (non-hydrogen) atoms. The quantitative estimate of drug-likeness (QED) is 0.922. The van der Waals surface area contributed by atoms with E-state index in [0.29, 0.717) is 28.9 Å². The second kappa shape index (κ2) is 5.80. The summed E-state index contributed by atoms with van der Waals surface area (Å²) in [4.78, 5) is 8.18. The Kier molecular flexibility index (Phi) is 4.12. The van der Waals surface area contributed by atoms with Gasteiger partial charge in [-0.05, 0) is 24.6 Å². The first-order chi connectivity index (χ1) is 8.69. The lowest BCUT2D eigenvalue weighted by molar-refractivity contribution is 0.269. The average Bonchev–Trinajstić information content (AvgIpc) is 2.37. The molecule has 1 aromatic heterocycles. The fraction of sp³-hybridized carbons (Fsp3) is 0.231. The van der Waals surface area contributed by atoms with Crippen molar-refractivity contribution in [1.29, 1.82) is 0 Å². The van der Waals surface area contributed by atoms with Crippen LogP contribution in [0.25, 0.3) is 0 Å². The molecular formula is C13H13ClN2O2. The van der Waals surface area contributed by atoms with E-state index in [2.05, 4.69) is 9.97 Å². The van der Waals surface area contributed by atoms with Crippen molar-refractivity contribution in [3.05, 3.63) is 52.3 Å². The molecule has 2 aromatic rings. The van der Waals surface area contributed by atoms with E-state index >= 15 is 0 Å². The van der Waals surface area contributed by atoms with Crippen LogP contribution in [0.4, 0.5) is 0 Å². The third-order valence-corrected chi connectivity index (χ3v) is 2.72. The molecule has 0 bridgehead atoms. The molecule has 0 amide bonds. The molecule has 0 radical (unpaired) electrons. The number of rotatable bonds is 4. The van der Waals surface area contributed by atoms with Crippen LogP contribution in [0.2, 0.25) is 5.02 Å². The Bertz CT molecular complexity index is 546. The summed E-state index contributed by atoms with van der Waals surface area (Å²) in [5.74, 6) is 0. The summed E-state index contributed by atoms with van der Waals surface area (Å²) in [6.07, 6.45) is 1.57. The second-order valence-electron chi connectivity index (χ2n) is 3.84. The standard InChI is InChI=1S/C13H13ClN2O2/c1-9-11(7-17)6-15-13(16-9)18-8-10-3-2-4-12(14)5-10/h2-6,17H,7-8H2,1H3. The lowest BCUT2D eigenvalue weighted by Crippen LogP contribution is -2.02. The molecule has 0 aliphatic rings. The minimum atomic E-state index is -0.0690. The van der Waals surface area contributed by atoms with Gasteiger partial charge in [0.25, 0.3) is 0 Å². The van der Waals surface area contributed by atoms with Crippen molar-refractivity contribution in [2.45, 2.75) is 20.1 Å². The molecule has 94 valence electrons. The smallest absolute Gasteiger partial charge is 0.316 e. The van der Waals surface area contributed by atoms with Crippen LogP contribution in [-0.4, -0.2) is 15.1 Å². The summed E-state index contributed by atoms with van der Waals surface area (Å²) in [6, 6.07) is 7.71. The molecule has 0 saturated heterocycles. The van der Waals surface area contributed by atoms with Gasteiger partial charge in [-0.2, -0.15) is 0 Å². The molecule has 1 aromatic carbocycles. The van der Waals surface area contributed by atoms with Gasteiger partial charge >= 0.3 is 6.01 Å². The van der Waals surface area contributed by atoms with Crippen LogP contribution in [0.1, 0.15) is 16.8 Å². The number of halogens is 1. The Hall–Kier alpha value is -1.65. The Balaban J connectivity index is 2.04. The molecule has 0 unspecified atom stereocenters. The lowest BCUT2D eigenvalue weighted by Gasteiger charge is -2.07. The normalized spacial score (nSPS) is 10.4. The molecular weight excluding hydrogens is 252 g/mol. The number of hydrogen-bond acceptors (Lipinski definition) is 4. The topological polar surface area (TPSA) is 55.2 Å². The third kappa shape index (κ3) is 3.18. The van der Waals surface area contributed by atoms with Crippen LogP contribution >= 0.6 is 11.6 Å². The van der Waals surface area contributed by atoms with Gasteiger partial charge in [0.2, 0.25) is 0 Å². The van der Waals surface area contributed by atoms with Crippen LogP contribution in [-0.2, 0) is 13.2 Å². The first kappa shape index (κ1) is 12.8. The number of benzene rings is 1. The van der Waals surface area contributed by atoms with E-state index in [0.717, 1.165) is 5.56 Å². The number of aliphatic hydroxyl groups excluding tert-OH is 1. The lowest BCUT2D eigenvalue weighted by atomic mass is 10.2. The van der Waals surface area contributed by atoms with E-state index in [1.54, 1.807) is 13.1 Å². The first-order valence-electron chi connectivity index (χ1n) is 5.49. The molecule has 1 heterocycles. The number of nitrogens with zero attached hydrogens (tertiary/aromatic N) is 2. The zero-order chi connectivity index (χ0) is 13.0. The van der Waals surface area contributed by atoms with Gasteiger partial charge in [-0.15, -0.1) is 0 Å². The number of ether oxygens (including phenoxy) is 1. The highest BCUT2D eigenvalue weighted by Gasteiger charge is 2.04. The highest BCUT2D eigenvalue weighted by atomic mass is 35.5. The molecule has 0 fully saturated rings. The van der Waals surface area contributed by atoms with Crippen LogP contribution in [0.5, 0.6) is 6.01 Å². The van der Waals surface area contributed by atoms with Crippen molar-refractivity contribution in [3.8, 4) is 6.01 Å². The van der Waals surface area contributed by atoms with E-state index in [4.69, 9.17) is 21.4 Å². The predicted molar refractivity (Wildman–Crippen MR) is 68.5 cm³/mol. The number of aliphatic hydroxyl groups is 1. The summed E-state index contributed by atoms with van der Waals surface area (Å²) in [5.41, 5.74) is 2.37. The van der Waals surface area contributed by atoms with E-state index in [-0.39, 0.29) is 6.61 Å². The van der Waals surface area contributed by atoms with Gasteiger partial charge in [-0.25, -0.2) is 9.97 Å². The SMILES string of the molecule is Cc1nc(OCc2cccc(Cl)c2)ncc1CO. The molecule has 2 rings (SSSR count). The fourth-order valence-corrected chi connectivity index (χ4v) is 1.68. The molecule has 1 N–H and O–H groups in total.